The summed E-state index contributed by atoms with van der Waals surface area (Å²) in [5, 5.41) is 8.71. The molecule has 1 aliphatic rings. The molecule has 0 spiro atoms. The van der Waals surface area contributed by atoms with Crippen LogP contribution in [0, 0.1) is 0 Å². The minimum Gasteiger partial charge on any atom is -0.478 e. The van der Waals surface area contributed by atoms with E-state index in [1.807, 2.05) is 29.3 Å². The monoisotopic (exact) mass is 202 g/mol. The fourth-order valence-electron chi connectivity index (χ4n) is 1.32. The number of aromatic nitrogens is 1. The van der Waals surface area contributed by atoms with Crippen molar-refractivity contribution in [2.24, 2.45) is 0 Å². The first-order valence-corrected chi connectivity index (χ1v) is 4.57. The Labute approximate surface area is 87.2 Å². The summed E-state index contributed by atoms with van der Waals surface area (Å²) < 4.78 is 0. The minimum absolute atomic E-state index is 0.204. The number of allylic oxidation sites excluding steroid dienone is 2. The van der Waals surface area contributed by atoms with Gasteiger partial charge in [0.2, 0.25) is 0 Å². The van der Waals surface area contributed by atoms with Crippen molar-refractivity contribution in [3.63, 3.8) is 0 Å². The first-order chi connectivity index (χ1) is 7.27. The number of rotatable bonds is 2. The number of hydrogen-bond acceptors (Lipinski definition) is 3. The van der Waals surface area contributed by atoms with Crippen LogP contribution in [0.15, 0.2) is 42.8 Å². The van der Waals surface area contributed by atoms with Crippen molar-refractivity contribution in [2.75, 3.05) is 11.4 Å². The number of hydrogen-bond donors (Lipinski definition) is 1. The van der Waals surface area contributed by atoms with Crippen LogP contribution in [0.4, 0.5) is 5.82 Å². The minimum atomic E-state index is -0.955. The second kappa shape index (κ2) is 3.96. The van der Waals surface area contributed by atoms with Crippen molar-refractivity contribution in [3.8, 4) is 0 Å². The molecule has 0 saturated carbocycles. The first kappa shape index (κ1) is 9.45. The van der Waals surface area contributed by atoms with E-state index in [4.69, 9.17) is 5.11 Å². The lowest BCUT2D eigenvalue weighted by atomic mass is 10.2. The molecule has 0 fully saturated rings. The Morgan fingerprint density at radius 2 is 2.27 bits per heavy atom. The van der Waals surface area contributed by atoms with Gasteiger partial charge < -0.3 is 10.0 Å². The van der Waals surface area contributed by atoms with Crippen LogP contribution in [0.5, 0.6) is 0 Å². The van der Waals surface area contributed by atoms with Gasteiger partial charge in [0.15, 0.2) is 0 Å². The quantitative estimate of drug-likeness (QED) is 0.792. The highest BCUT2D eigenvalue weighted by atomic mass is 16.4. The van der Waals surface area contributed by atoms with E-state index in [1.165, 1.54) is 6.20 Å². The highest BCUT2D eigenvalue weighted by molar-refractivity contribution is 5.87. The molecule has 0 saturated heterocycles. The van der Waals surface area contributed by atoms with E-state index in [1.54, 1.807) is 12.1 Å². The van der Waals surface area contributed by atoms with Gasteiger partial charge in [0, 0.05) is 18.9 Å². The molecule has 1 aliphatic heterocycles. The Morgan fingerprint density at radius 3 is 2.80 bits per heavy atom. The van der Waals surface area contributed by atoms with Gasteiger partial charge in [-0.1, -0.05) is 12.2 Å². The Morgan fingerprint density at radius 1 is 1.40 bits per heavy atom. The second-order valence-electron chi connectivity index (χ2n) is 3.13. The summed E-state index contributed by atoms with van der Waals surface area (Å²) in [5.74, 6) is -0.205. The number of aromatic carboxylic acids is 1. The summed E-state index contributed by atoms with van der Waals surface area (Å²) in [7, 11) is 0. The molecule has 0 atom stereocenters. The van der Waals surface area contributed by atoms with Crippen molar-refractivity contribution < 1.29 is 9.90 Å². The SMILES string of the molecule is O=C(O)c1ccc(N2C=CC=CC2)nc1. The molecule has 2 heterocycles. The van der Waals surface area contributed by atoms with Crippen molar-refractivity contribution in [3.05, 3.63) is 48.3 Å². The third-order valence-corrected chi connectivity index (χ3v) is 2.10. The average molecular weight is 202 g/mol. The average Bonchev–Trinajstić information content (AvgIpc) is 2.30. The third-order valence-electron chi connectivity index (χ3n) is 2.10. The number of carbonyl (C=O) groups is 1. The Kier molecular flexibility index (Phi) is 2.49. The maximum Gasteiger partial charge on any atom is 0.337 e. The molecule has 1 aromatic heterocycles. The van der Waals surface area contributed by atoms with E-state index in [2.05, 4.69) is 4.98 Å². The van der Waals surface area contributed by atoms with Crippen LogP contribution in [-0.2, 0) is 0 Å². The molecule has 15 heavy (non-hydrogen) atoms. The predicted molar refractivity (Wildman–Crippen MR) is 56.8 cm³/mol. The van der Waals surface area contributed by atoms with E-state index in [0.29, 0.717) is 0 Å². The largest absolute Gasteiger partial charge is 0.478 e. The molecule has 0 aromatic carbocycles. The molecular weight excluding hydrogens is 192 g/mol. The standard InChI is InChI=1S/C11H10N2O2/c14-11(15)9-4-5-10(12-8-9)13-6-2-1-3-7-13/h1-6,8H,7H2,(H,14,15). The summed E-state index contributed by atoms with van der Waals surface area (Å²) >= 11 is 0. The van der Waals surface area contributed by atoms with Crippen molar-refractivity contribution in [1.29, 1.82) is 0 Å². The highest BCUT2D eigenvalue weighted by Gasteiger charge is 2.07. The lowest BCUT2D eigenvalue weighted by Crippen LogP contribution is -2.18. The van der Waals surface area contributed by atoms with E-state index in [0.717, 1.165) is 12.4 Å². The van der Waals surface area contributed by atoms with Crippen LogP contribution in [0.25, 0.3) is 0 Å². The number of carboxylic acids is 1. The molecule has 1 aromatic rings. The molecule has 0 radical (unpaired) electrons. The number of anilines is 1. The molecule has 4 nitrogen and oxygen atoms in total. The van der Waals surface area contributed by atoms with Crippen LogP contribution in [0.3, 0.4) is 0 Å². The van der Waals surface area contributed by atoms with Crippen molar-refractivity contribution >= 4 is 11.8 Å². The fourth-order valence-corrected chi connectivity index (χ4v) is 1.32. The zero-order valence-electron chi connectivity index (χ0n) is 8.00. The number of carboxylic acid groups (broad SMARTS) is 1. The predicted octanol–water partition coefficient (Wildman–Crippen LogP) is 1.67. The molecule has 0 amide bonds. The van der Waals surface area contributed by atoms with Gasteiger partial charge in [0.05, 0.1) is 5.56 Å². The molecule has 0 aliphatic carbocycles. The maximum absolute atomic E-state index is 10.6. The van der Waals surface area contributed by atoms with Crippen LogP contribution in [0.1, 0.15) is 10.4 Å². The molecule has 76 valence electrons. The Bertz CT molecular complexity index is 421. The summed E-state index contributed by atoms with van der Waals surface area (Å²) in [4.78, 5) is 16.6. The van der Waals surface area contributed by atoms with Crippen molar-refractivity contribution in [2.45, 2.75) is 0 Å². The first-order valence-electron chi connectivity index (χ1n) is 4.57. The fraction of sp³-hybridized carbons (Fsp3) is 0.0909. The van der Waals surface area contributed by atoms with E-state index in [9.17, 15) is 4.79 Å². The maximum atomic E-state index is 10.6. The lowest BCUT2D eigenvalue weighted by molar-refractivity contribution is 0.0696. The van der Waals surface area contributed by atoms with Gasteiger partial charge in [-0.05, 0) is 18.2 Å². The number of pyridine rings is 1. The van der Waals surface area contributed by atoms with Gasteiger partial charge >= 0.3 is 5.97 Å². The van der Waals surface area contributed by atoms with Crippen LogP contribution < -0.4 is 4.90 Å². The van der Waals surface area contributed by atoms with Gasteiger partial charge in [-0.25, -0.2) is 9.78 Å². The van der Waals surface area contributed by atoms with Crippen LogP contribution >= 0.6 is 0 Å². The van der Waals surface area contributed by atoms with E-state index < -0.39 is 5.97 Å². The smallest absolute Gasteiger partial charge is 0.337 e. The van der Waals surface area contributed by atoms with E-state index >= 15 is 0 Å². The lowest BCUT2D eigenvalue weighted by Gasteiger charge is -2.19. The van der Waals surface area contributed by atoms with Gasteiger partial charge in [0.25, 0.3) is 0 Å². The number of nitrogens with zero attached hydrogens (tertiary/aromatic N) is 2. The summed E-state index contributed by atoms with van der Waals surface area (Å²) in [6.07, 6.45) is 9.15. The molecule has 0 bridgehead atoms. The van der Waals surface area contributed by atoms with Gasteiger partial charge in [0.1, 0.15) is 5.82 Å². The van der Waals surface area contributed by atoms with Gasteiger partial charge in [-0.3, -0.25) is 0 Å². The Hall–Kier alpha value is -2.10. The van der Waals surface area contributed by atoms with Crippen LogP contribution in [-0.4, -0.2) is 22.6 Å². The van der Waals surface area contributed by atoms with Gasteiger partial charge in [-0.15, -0.1) is 0 Å². The third kappa shape index (κ3) is 2.04. The summed E-state index contributed by atoms with van der Waals surface area (Å²) in [6, 6.07) is 3.25. The highest BCUT2D eigenvalue weighted by Crippen LogP contribution is 2.13. The summed E-state index contributed by atoms with van der Waals surface area (Å²) in [6.45, 7) is 0.760. The normalized spacial score (nSPS) is 14.3. The van der Waals surface area contributed by atoms with Gasteiger partial charge in [-0.2, -0.15) is 0 Å². The summed E-state index contributed by atoms with van der Waals surface area (Å²) in [5.41, 5.74) is 0.204. The molecule has 2 rings (SSSR count). The molecule has 4 heteroatoms. The van der Waals surface area contributed by atoms with Crippen LogP contribution in [0.2, 0.25) is 0 Å². The Balaban J connectivity index is 2.20. The topological polar surface area (TPSA) is 53.4 Å². The molecule has 0 unspecified atom stereocenters. The van der Waals surface area contributed by atoms with Crippen molar-refractivity contribution in [1.82, 2.24) is 4.98 Å². The molecule has 1 N–H and O–H groups in total. The zero-order chi connectivity index (χ0) is 10.7. The van der Waals surface area contributed by atoms with E-state index in [-0.39, 0.29) is 5.56 Å². The second-order valence-corrected chi connectivity index (χ2v) is 3.13. The molecular formula is C11H10N2O2. The zero-order valence-corrected chi connectivity index (χ0v) is 8.00.